The molecule has 1 aliphatic rings. The molecule has 0 amide bonds. The number of aryl methyl sites for hydroxylation is 1. The zero-order chi connectivity index (χ0) is 17.2. The van der Waals surface area contributed by atoms with E-state index in [1.54, 1.807) is 22.9 Å². The van der Waals surface area contributed by atoms with Gasteiger partial charge in [-0.15, -0.1) is 0 Å². The van der Waals surface area contributed by atoms with Crippen LogP contribution in [0.2, 0.25) is 0 Å². The van der Waals surface area contributed by atoms with Crippen molar-refractivity contribution in [3.8, 4) is 11.3 Å². The average molecular weight is 349 g/mol. The molecule has 0 N–H and O–H groups in total. The fraction of sp³-hybridized carbons (Fsp3) is 0.562. The summed E-state index contributed by atoms with van der Waals surface area (Å²) in [5.74, 6) is 0.0618. The summed E-state index contributed by atoms with van der Waals surface area (Å²) in [5, 5.41) is 4.37. The number of sulfonamides is 1. The minimum Gasteiger partial charge on any atom is -0.272 e. The second-order valence-electron chi connectivity index (χ2n) is 6.24. The first-order valence-electron chi connectivity index (χ1n) is 8.28. The van der Waals surface area contributed by atoms with E-state index in [4.69, 9.17) is 0 Å². The molecule has 0 radical (unpaired) electrons. The molecule has 0 aliphatic carbocycles. The molecule has 1 atom stereocenters. The van der Waals surface area contributed by atoms with Crippen LogP contribution in [0.4, 0.5) is 0 Å². The molecule has 2 aromatic rings. The first-order chi connectivity index (χ1) is 11.5. The maximum atomic E-state index is 11.9. The lowest BCUT2D eigenvalue weighted by Gasteiger charge is -2.31. The number of hydrogen-bond donors (Lipinski definition) is 0. The standard InChI is InChI=1S/C16H23N5O2S/c1-3-8-20-11-14(10-19-20)16-15(17-6-7-18-16)13-5-4-9-21(12-13)24(2,22)23/h6-7,10-11,13H,3-5,8-9,12H2,1-2H3/t13-/m1/s1. The van der Waals surface area contributed by atoms with E-state index >= 15 is 0 Å². The van der Waals surface area contributed by atoms with Gasteiger partial charge in [-0.3, -0.25) is 14.6 Å². The second-order valence-corrected chi connectivity index (χ2v) is 8.22. The monoisotopic (exact) mass is 349 g/mol. The number of rotatable bonds is 5. The van der Waals surface area contributed by atoms with Crippen LogP contribution in [0, 0.1) is 0 Å². The van der Waals surface area contributed by atoms with Crippen molar-refractivity contribution < 1.29 is 8.42 Å². The molecule has 0 bridgehead atoms. The van der Waals surface area contributed by atoms with E-state index in [1.807, 2.05) is 10.9 Å². The zero-order valence-electron chi connectivity index (χ0n) is 14.1. The summed E-state index contributed by atoms with van der Waals surface area (Å²) in [6.07, 6.45) is 11.2. The average Bonchev–Trinajstić information content (AvgIpc) is 3.03. The number of aromatic nitrogens is 4. The molecule has 8 heteroatoms. The number of hydrogen-bond acceptors (Lipinski definition) is 5. The van der Waals surface area contributed by atoms with Gasteiger partial charge in [0, 0.05) is 49.7 Å². The third kappa shape index (κ3) is 3.64. The molecule has 0 spiro atoms. The van der Waals surface area contributed by atoms with Crippen molar-refractivity contribution in [2.24, 2.45) is 0 Å². The highest BCUT2D eigenvalue weighted by atomic mass is 32.2. The van der Waals surface area contributed by atoms with Crippen LogP contribution in [0.25, 0.3) is 11.3 Å². The van der Waals surface area contributed by atoms with E-state index in [9.17, 15) is 8.42 Å². The molecule has 1 aliphatic heterocycles. The maximum Gasteiger partial charge on any atom is 0.211 e. The van der Waals surface area contributed by atoms with Crippen LogP contribution in [0.1, 0.15) is 37.8 Å². The van der Waals surface area contributed by atoms with E-state index in [1.165, 1.54) is 6.26 Å². The van der Waals surface area contributed by atoms with E-state index in [0.29, 0.717) is 13.1 Å². The summed E-state index contributed by atoms with van der Waals surface area (Å²) < 4.78 is 27.2. The minimum absolute atomic E-state index is 0.0618. The van der Waals surface area contributed by atoms with Gasteiger partial charge >= 0.3 is 0 Å². The molecule has 0 saturated carbocycles. The Kier molecular flexibility index (Phi) is 4.96. The van der Waals surface area contributed by atoms with Crippen LogP contribution < -0.4 is 0 Å². The Balaban J connectivity index is 1.91. The number of nitrogens with zero attached hydrogens (tertiary/aromatic N) is 5. The van der Waals surface area contributed by atoms with Gasteiger partial charge in [0.15, 0.2) is 0 Å². The summed E-state index contributed by atoms with van der Waals surface area (Å²) in [7, 11) is -3.18. The Morgan fingerprint density at radius 1 is 1.29 bits per heavy atom. The molecule has 24 heavy (non-hydrogen) atoms. The van der Waals surface area contributed by atoms with Crippen LogP contribution >= 0.6 is 0 Å². The lowest BCUT2D eigenvalue weighted by Crippen LogP contribution is -2.38. The van der Waals surface area contributed by atoms with Crippen molar-refractivity contribution in [1.82, 2.24) is 24.1 Å². The predicted molar refractivity (Wildman–Crippen MR) is 91.9 cm³/mol. The molecule has 1 fully saturated rings. The Hall–Kier alpha value is -1.80. The molecule has 0 unspecified atom stereocenters. The Labute approximate surface area is 142 Å². The highest BCUT2D eigenvalue weighted by Gasteiger charge is 2.29. The molecule has 7 nitrogen and oxygen atoms in total. The fourth-order valence-corrected chi connectivity index (χ4v) is 4.09. The van der Waals surface area contributed by atoms with Crippen molar-refractivity contribution >= 4 is 10.0 Å². The lowest BCUT2D eigenvalue weighted by atomic mass is 9.93. The minimum atomic E-state index is -3.18. The molecule has 3 rings (SSSR count). The Morgan fingerprint density at radius 2 is 2.08 bits per heavy atom. The molecular formula is C16H23N5O2S. The second kappa shape index (κ2) is 6.98. The zero-order valence-corrected chi connectivity index (χ0v) is 14.9. The summed E-state index contributed by atoms with van der Waals surface area (Å²) in [4.78, 5) is 9.03. The first-order valence-corrected chi connectivity index (χ1v) is 10.1. The third-order valence-corrected chi connectivity index (χ3v) is 5.60. The Bertz CT molecular complexity index is 802. The van der Waals surface area contributed by atoms with Crippen molar-refractivity contribution in [2.75, 3.05) is 19.3 Å². The predicted octanol–water partition coefficient (Wildman–Crippen LogP) is 1.89. The van der Waals surface area contributed by atoms with Crippen molar-refractivity contribution in [3.05, 3.63) is 30.5 Å². The van der Waals surface area contributed by atoms with Gasteiger partial charge in [0.25, 0.3) is 0 Å². The lowest BCUT2D eigenvalue weighted by molar-refractivity contribution is 0.314. The highest BCUT2D eigenvalue weighted by Crippen LogP contribution is 2.32. The van der Waals surface area contributed by atoms with Crippen LogP contribution in [-0.4, -0.2) is 51.8 Å². The summed E-state index contributed by atoms with van der Waals surface area (Å²) in [6, 6.07) is 0. The molecule has 2 aromatic heterocycles. The summed E-state index contributed by atoms with van der Waals surface area (Å²) >= 11 is 0. The molecule has 3 heterocycles. The van der Waals surface area contributed by atoms with E-state index in [0.717, 1.165) is 42.8 Å². The molecule has 0 aromatic carbocycles. The smallest absolute Gasteiger partial charge is 0.211 e. The normalized spacial score (nSPS) is 19.5. The van der Waals surface area contributed by atoms with Gasteiger partial charge < -0.3 is 0 Å². The molecule has 1 saturated heterocycles. The number of piperidine rings is 1. The summed E-state index contributed by atoms with van der Waals surface area (Å²) in [6.45, 7) is 4.02. The van der Waals surface area contributed by atoms with Crippen molar-refractivity contribution in [3.63, 3.8) is 0 Å². The topological polar surface area (TPSA) is 81.0 Å². The van der Waals surface area contributed by atoms with Gasteiger partial charge in [0.1, 0.15) is 0 Å². The first kappa shape index (κ1) is 17.0. The third-order valence-electron chi connectivity index (χ3n) is 4.33. The SMILES string of the molecule is CCCn1cc(-c2nccnc2[C@@H]2CCCN(S(C)(=O)=O)C2)cn1. The van der Waals surface area contributed by atoms with Crippen LogP contribution in [0.3, 0.4) is 0 Å². The highest BCUT2D eigenvalue weighted by molar-refractivity contribution is 7.88. The molecular weight excluding hydrogens is 326 g/mol. The molecule has 130 valence electrons. The van der Waals surface area contributed by atoms with Gasteiger partial charge in [-0.2, -0.15) is 5.10 Å². The van der Waals surface area contributed by atoms with Crippen LogP contribution in [-0.2, 0) is 16.6 Å². The van der Waals surface area contributed by atoms with Crippen molar-refractivity contribution in [2.45, 2.75) is 38.6 Å². The van der Waals surface area contributed by atoms with E-state index in [2.05, 4.69) is 22.0 Å². The quantitative estimate of drug-likeness (QED) is 0.823. The van der Waals surface area contributed by atoms with Gasteiger partial charge in [-0.25, -0.2) is 12.7 Å². The van der Waals surface area contributed by atoms with Crippen LogP contribution in [0.15, 0.2) is 24.8 Å². The summed E-state index contributed by atoms with van der Waals surface area (Å²) in [5.41, 5.74) is 2.60. The van der Waals surface area contributed by atoms with Gasteiger partial charge in [0.2, 0.25) is 10.0 Å². The van der Waals surface area contributed by atoms with Gasteiger partial charge in [-0.1, -0.05) is 6.92 Å². The van der Waals surface area contributed by atoms with E-state index < -0.39 is 10.0 Å². The van der Waals surface area contributed by atoms with Gasteiger partial charge in [-0.05, 0) is 19.3 Å². The van der Waals surface area contributed by atoms with Crippen LogP contribution in [0.5, 0.6) is 0 Å². The maximum absolute atomic E-state index is 11.9. The van der Waals surface area contributed by atoms with Gasteiger partial charge in [0.05, 0.1) is 23.8 Å². The Morgan fingerprint density at radius 3 is 2.83 bits per heavy atom. The van der Waals surface area contributed by atoms with Crippen molar-refractivity contribution in [1.29, 1.82) is 0 Å². The van der Waals surface area contributed by atoms with E-state index in [-0.39, 0.29) is 5.92 Å². The largest absolute Gasteiger partial charge is 0.272 e. The fourth-order valence-electron chi connectivity index (χ4n) is 3.17.